The Balaban J connectivity index is 2.06. The number of aliphatic hydroxyl groups is 1. The van der Waals surface area contributed by atoms with Crippen molar-refractivity contribution in [1.82, 2.24) is 0 Å². The summed E-state index contributed by atoms with van der Waals surface area (Å²) in [6, 6.07) is 10.8. The lowest BCUT2D eigenvalue weighted by atomic mass is 9.80. The number of rotatable bonds is 6. The summed E-state index contributed by atoms with van der Waals surface area (Å²) in [5.74, 6) is -0.626. The molecule has 1 heterocycles. The number of nitrogens with zero attached hydrogens (tertiary/aromatic N) is 1. The largest absolute Gasteiger partial charge is 0.462 e. The lowest BCUT2D eigenvalue weighted by Gasteiger charge is -2.36. The fourth-order valence-corrected chi connectivity index (χ4v) is 6.05. The smallest absolute Gasteiger partial charge is 0.416 e. The Hall–Kier alpha value is -3.37. The van der Waals surface area contributed by atoms with E-state index in [9.17, 15) is 31.5 Å². The molecule has 1 aliphatic rings. The molecule has 3 aromatic carbocycles. The first-order valence-electron chi connectivity index (χ1n) is 12.7. The number of carbonyl (C=O) groups is 1. The normalized spacial score (nSPS) is 13.6. The van der Waals surface area contributed by atoms with E-state index in [1.54, 1.807) is 13.8 Å². The Bertz CT molecular complexity index is 1590. The van der Waals surface area contributed by atoms with Crippen molar-refractivity contribution in [1.29, 1.82) is 0 Å². The van der Waals surface area contributed by atoms with Crippen molar-refractivity contribution in [2.75, 3.05) is 17.2 Å². The van der Waals surface area contributed by atoms with Gasteiger partial charge in [0.25, 0.3) is 0 Å². The SMILES string of the molecule is Cc1ccc(-c2c(C)c3c(c(C)c2CC(=O)OCC(C)(C)O)N(S(C)(=O)=O)Cc2ccc(C(F)(F)F)cc2-3)cc1. The molecule has 0 aromatic heterocycles. The van der Waals surface area contributed by atoms with Crippen LogP contribution in [0.25, 0.3) is 22.3 Å². The predicted molar refractivity (Wildman–Crippen MR) is 149 cm³/mol. The molecule has 40 heavy (non-hydrogen) atoms. The highest BCUT2D eigenvalue weighted by molar-refractivity contribution is 7.92. The van der Waals surface area contributed by atoms with Gasteiger partial charge in [-0.2, -0.15) is 13.2 Å². The Kier molecular flexibility index (Phi) is 7.57. The molecule has 10 heteroatoms. The van der Waals surface area contributed by atoms with Gasteiger partial charge in [0, 0.05) is 5.56 Å². The summed E-state index contributed by atoms with van der Waals surface area (Å²) in [4.78, 5) is 13.0. The van der Waals surface area contributed by atoms with Crippen molar-refractivity contribution in [3.8, 4) is 22.3 Å². The number of benzene rings is 3. The Morgan fingerprint density at radius 3 is 2.17 bits per heavy atom. The fourth-order valence-electron chi connectivity index (χ4n) is 5.11. The van der Waals surface area contributed by atoms with E-state index >= 15 is 0 Å². The van der Waals surface area contributed by atoms with Crippen LogP contribution < -0.4 is 4.31 Å². The van der Waals surface area contributed by atoms with Crippen LogP contribution in [0.2, 0.25) is 0 Å². The summed E-state index contributed by atoms with van der Waals surface area (Å²) in [6.45, 7) is 7.94. The van der Waals surface area contributed by atoms with Crippen molar-refractivity contribution in [3.63, 3.8) is 0 Å². The minimum Gasteiger partial charge on any atom is -0.462 e. The van der Waals surface area contributed by atoms with Crippen molar-refractivity contribution < 1.29 is 36.2 Å². The van der Waals surface area contributed by atoms with Crippen LogP contribution in [0.5, 0.6) is 0 Å². The van der Waals surface area contributed by atoms with E-state index in [0.29, 0.717) is 38.9 Å². The first kappa shape index (κ1) is 29.6. The third-order valence-corrected chi connectivity index (χ3v) is 8.13. The molecule has 214 valence electrons. The van der Waals surface area contributed by atoms with Gasteiger partial charge in [-0.25, -0.2) is 8.42 Å². The Labute approximate surface area is 232 Å². The van der Waals surface area contributed by atoms with Crippen LogP contribution >= 0.6 is 0 Å². The maximum atomic E-state index is 13.8. The second-order valence-electron chi connectivity index (χ2n) is 11.0. The summed E-state index contributed by atoms with van der Waals surface area (Å²) in [5.41, 5.74) is 3.12. The molecule has 0 unspecified atom stereocenters. The first-order valence-corrected chi connectivity index (χ1v) is 14.5. The van der Waals surface area contributed by atoms with E-state index in [0.717, 1.165) is 29.5 Å². The first-order chi connectivity index (χ1) is 18.4. The lowest BCUT2D eigenvalue weighted by molar-refractivity contribution is -0.149. The summed E-state index contributed by atoms with van der Waals surface area (Å²) in [7, 11) is -3.86. The number of ether oxygens (including phenoxy) is 1. The number of fused-ring (bicyclic) bond motifs is 3. The summed E-state index contributed by atoms with van der Waals surface area (Å²) in [5, 5.41) is 10.0. The summed E-state index contributed by atoms with van der Waals surface area (Å²) >= 11 is 0. The number of hydrogen-bond acceptors (Lipinski definition) is 5. The Morgan fingerprint density at radius 1 is 1.00 bits per heavy atom. The van der Waals surface area contributed by atoms with Gasteiger partial charge in [0.05, 0.1) is 36.1 Å². The molecular weight excluding hydrogens is 543 g/mol. The molecule has 0 amide bonds. The molecule has 0 saturated heterocycles. The summed E-state index contributed by atoms with van der Waals surface area (Å²) < 4.78 is 73.8. The van der Waals surface area contributed by atoms with Crippen molar-refractivity contribution >= 4 is 21.7 Å². The average Bonchev–Trinajstić information content (AvgIpc) is 2.84. The molecule has 6 nitrogen and oxygen atoms in total. The molecule has 0 saturated carbocycles. The Morgan fingerprint density at radius 2 is 1.62 bits per heavy atom. The predicted octanol–water partition coefficient (Wildman–Crippen LogP) is 6.10. The molecule has 3 aromatic rings. The van der Waals surface area contributed by atoms with Gasteiger partial charge in [0.15, 0.2) is 0 Å². The van der Waals surface area contributed by atoms with E-state index in [-0.39, 0.29) is 25.3 Å². The van der Waals surface area contributed by atoms with Gasteiger partial charge in [-0.05, 0) is 85.7 Å². The fraction of sp³-hybridized carbons (Fsp3) is 0.367. The monoisotopic (exact) mass is 575 g/mol. The van der Waals surface area contributed by atoms with Crippen LogP contribution in [0.4, 0.5) is 18.9 Å². The second kappa shape index (κ2) is 10.2. The zero-order chi connectivity index (χ0) is 29.8. The highest BCUT2D eigenvalue weighted by Crippen LogP contribution is 2.50. The number of hydrogen-bond donors (Lipinski definition) is 1. The van der Waals surface area contributed by atoms with Gasteiger partial charge in [0.1, 0.15) is 6.61 Å². The number of esters is 1. The molecule has 4 rings (SSSR count). The number of carbonyl (C=O) groups excluding carboxylic acids is 1. The number of halogens is 3. The minimum atomic E-state index is -4.59. The second-order valence-corrected chi connectivity index (χ2v) is 12.9. The third-order valence-electron chi connectivity index (χ3n) is 7.01. The zero-order valence-electron chi connectivity index (χ0n) is 23.2. The topological polar surface area (TPSA) is 83.9 Å². The van der Waals surface area contributed by atoms with Crippen molar-refractivity contribution in [3.05, 3.63) is 75.8 Å². The van der Waals surface area contributed by atoms with Crippen LogP contribution in [0, 0.1) is 20.8 Å². The van der Waals surface area contributed by atoms with Crippen molar-refractivity contribution in [2.45, 2.75) is 59.4 Å². The van der Waals surface area contributed by atoms with Gasteiger partial charge in [-0.3, -0.25) is 9.10 Å². The van der Waals surface area contributed by atoms with Crippen LogP contribution in [-0.2, 0) is 38.7 Å². The van der Waals surface area contributed by atoms with Crippen molar-refractivity contribution in [2.24, 2.45) is 0 Å². The molecule has 0 aliphatic carbocycles. The molecule has 1 aliphatic heterocycles. The van der Waals surface area contributed by atoms with Crippen LogP contribution in [0.3, 0.4) is 0 Å². The number of alkyl halides is 3. The van der Waals surface area contributed by atoms with Crippen LogP contribution in [0.1, 0.15) is 47.2 Å². The molecule has 0 radical (unpaired) electrons. The van der Waals surface area contributed by atoms with Crippen LogP contribution in [-0.4, -0.2) is 38.0 Å². The molecule has 0 bridgehead atoms. The lowest BCUT2D eigenvalue weighted by Crippen LogP contribution is -2.34. The molecule has 1 N–H and O–H groups in total. The van der Waals surface area contributed by atoms with Gasteiger partial charge < -0.3 is 9.84 Å². The minimum absolute atomic E-state index is 0.147. The van der Waals surface area contributed by atoms with E-state index < -0.39 is 33.3 Å². The molecule has 0 spiro atoms. The standard InChI is InChI=1S/C30H32F3NO5S/c1-17-7-9-20(10-8-17)26-19(3)27-24-13-22(30(31,32)33)12-11-21(24)15-34(40(6,37)38)28(27)18(2)23(26)14-25(35)39-16-29(4,5)36/h7-13,36H,14-16H2,1-6H3. The van der Waals surface area contributed by atoms with E-state index in [1.165, 1.54) is 24.2 Å². The maximum Gasteiger partial charge on any atom is 0.416 e. The average molecular weight is 576 g/mol. The van der Waals surface area contributed by atoms with E-state index in [4.69, 9.17) is 4.74 Å². The molecule has 0 fully saturated rings. The van der Waals surface area contributed by atoms with Crippen LogP contribution in [0.15, 0.2) is 42.5 Å². The van der Waals surface area contributed by atoms with E-state index in [2.05, 4.69) is 0 Å². The maximum absolute atomic E-state index is 13.8. The highest BCUT2D eigenvalue weighted by atomic mass is 32.2. The molecular formula is C30H32F3NO5S. The number of aryl methyl sites for hydroxylation is 1. The van der Waals surface area contributed by atoms with Gasteiger partial charge >= 0.3 is 12.1 Å². The quantitative estimate of drug-likeness (QED) is 0.359. The zero-order valence-corrected chi connectivity index (χ0v) is 24.0. The van der Waals surface area contributed by atoms with Gasteiger partial charge in [-0.1, -0.05) is 35.9 Å². The third kappa shape index (κ3) is 5.88. The number of anilines is 1. The van der Waals surface area contributed by atoms with Gasteiger partial charge in [-0.15, -0.1) is 0 Å². The highest BCUT2D eigenvalue weighted by Gasteiger charge is 2.37. The van der Waals surface area contributed by atoms with E-state index in [1.807, 2.05) is 31.2 Å². The molecule has 0 atom stereocenters. The number of sulfonamides is 1. The summed E-state index contributed by atoms with van der Waals surface area (Å²) in [6.07, 6.45) is -3.77. The van der Waals surface area contributed by atoms with Gasteiger partial charge in [0.2, 0.25) is 10.0 Å².